The molecule has 1 aliphatic rings. The van der Waals surface area contributed by atoms with Gasteiger partial charge in [-0.2, -0.15) is 0 Å². The highest BCUT2D eigenvalue weighted by atomic mass is 16.2. The molecule has 1 amide bonds. The molecule has 0 spiro atoms. The molecule has 2 rings (SSSR count). The van der Waals surface area contributed by atoms with Gasteiger partial charge in [-0.05, 0) is 62.8 Å². The van der Waals surface area contributed by atoms with Crippen molar-refractivity contribution in [3.05, 3.63) is 34.4 Å². The van der Waals surface area contributed by atoms with Crippen LogP contribution in [0.25, 0.3) is 0 Å². The van der Waals surface area contributed by atoms with Gasteiger partial charge in [-0.3, -0.25) is 4.79 Å². The summed E-state index contributed by atoms with van der Waals surface area (Å²) >= 11 is 0. The molecule has 1 unspecified atom stereocenters. The van der Waals surface area contributed by atoms with Crippen molar-refractivity contribution in [2.45, 2.75) is 52.9 Å². The zero-order valence-corrected chi connectivity index (χ0v) is 14.5. The minimum Gasteiger partial charge on any atom is -0.343 e. The zero-order valence-electron chi connectivity index (χ0n) is 14.5. The molecule has 0 radical (unpaired) electrons. The normalized spacial score (nSPS) is 17.6. The molecular weight excluding hydrogens is 272 g/mol. The van der Waals surface area contributed by atoms with Crippen molar-refractivity contribution in [1.82, 2.24) is 4.90 Å². The van der Waals surface area contributed by atoms with Crippen molar-refractivity contribution in [1.29, 1.82) is 0 Å². The van der Waals surface area contributed by atoms with Crippen LogP contribution < -0.4 is 5.73 Å². The first-order chi connectivity index (χ1) is 10.4. The van der Waals surface area contributed by atoms with Crippen molar-refractivity contribution in [3.8, 4) is 0 Å². The van der Waals surface area contributed by atoms with Gasteiger partial charge in [0, 0.05) is 25.4 Å². The Morgan fingerprint density at radius 2 is 1.77 bits per heavy atom. The van der Waals surface area contributed by atoms with Gasteiger partial charge in [0.2, 0.25) is 5.91 Å². The smallest absolute Gasteiger partial charge is 0.223 e. The molecule has 1 atom stereocenters. The van der Waals surface area contributed by atoms with E-state index in [9.17, 15) is 4.79 Å². The number of nitrogens with two attached hydrogens (primary N) is 1. The summed E-state index contributed by atoms with van der Waals surface area (Å²) in [4.78, 5) is 14.6. The summed E-state index contributed by atoms with van der Waals surface area (Å²) in [6.07, 6.45) is 2.79. The van der Waals surface area contributed by atoms with Gasteiger partial charge in [0.15, 0.2) is 0 Å². The number of nitrogens with zero attached hydrogens (tertiary/aromatic N) is 1. The zero-order chi connectivity index (χ0) is 16.3. The van der Waals surface area contributed by atoms with E-state index in [4.69, 9.17) is 5.73 Å². The Bertz CT molecular complexity index is 507. The maximum absolute atomic E-state index is 12.6. The Labute approximate surface area is 134 Å². The van der Waals surface area contributed by atoms with Crippen LogP contribution in [0.4, 0.5) is 0 Å². The predicted octanol–water partition coefficient (Wildman–Crippen LogP) is 3.30. The number of aryl methyl sites for hydroxylation is 3. The van der Waals surface area contributed by atoms with Gasteiger partial charge < -0.3 is 10.6 Å². The quantitative estimate of drug-likeness (QED) is 0.927. The largest absolute Gasteiger partial charge is 0.343 e. The average molecular weight is 302 g/mol. The van der Waals surface area contributed by atoms with Gasteiger partial charge in [-0.15, -0.1) is 0 Å². The standard InChI is InChI=1S/C19H30N2O/c1-13-5-7-21(8-6-13)18(22)11-17(12-20)19-15(3)9-14(2)10-16(19)4/h9-10,13,17H,5-8,11-12,20H2,1-4H3. The van der Waals surface area contributed by atoms with Crippen LogP contribution in [-0.2, 0) is 4.79 Å². The molecule has 3 nitrogen and oxygen atoms in total. The lowest BCUT2D eigenvalue weighted by Gasteiger charge is -2.32. The van der Waals surface area contributed by atoms with Crippen LogP contribution in [0.1, 0.15) is 54.4 Å². The molecule has 0 bridgehead atoms. The van der Waals surface area contributed by atoms with Crippen LogP contribution >= 0.6 is 0 Å². The lowest BCUT2D eigenvalue weighted by atomic mass is 9.86. The van der Waals surface area contributed by atoms with Crippen LogP contribution in [0, 0.1) is 26.7 Å². The molecular formula is C19H30N2O. The third-order valence-electron chi connectivity index (χ3n) is 4.99. The van der Waals surface area contributed by atoms with E-state index >= 15 is 0 Å². The highest BCUT2D eigenvalue weighted by molar-refractivity contribution is 5.77. The Morgan fingerprint density at radius 3 is 2.27 bits per heavy atom. The third-order valence-corrected chi connectivity index (χ3v) is 4.99. The van der Waals surface area contributed by atoms with Crippen LogP contribution in [0.5, 0.6) is 0 Å². The number of hydrogen-bond donors (Lipinski definition) is 1. The van der Waals surface area contributed by atoms with Gasteiger partial charge in [0.1, 0.15) is 0 Å². The molecule has 122 valence electrons. The lowest BCUT2D eigenvalue weighted by molar-refractivity contribution is -0.132. The minimum atomic E-state index is 0.132. The second-order valence-corrected chi connectivity index (χ2v) is 7.01. The minimum absolute atomic E-state index is 0.132. The van der Waals surface area contributed by atoms with E-state index in [2.05, 4.69) is 39.8 Å². The highest BCUT2D eigenvalue weighted by Crippen LogP contribution is 2.28. The third kappa shape index (κ3) is 3.89. The second-order valence-electron chi connectivity index (χ2n) is 7.01. The Kier molecular flexibility index (Phi) is 5.63. The molecule has 1 aliphatic heterocycles. The monoisotopic (exact) mass is 302 g/mol. The van der Waals surface area contributed by atoms with E-state index in [1.165, 1.54) is 22.3 Å². The molecule has 1 aromatic rings. The van der Waals surface area contributed by atoms with E-state index in [1.807, 2.05) is 4.90 Å². The summed E-state index contributed by atoms with van der Waals surface area (Å²) in [5.74, 6) is 1.14. The molecule has 22 heavy (non-hydrogen) atoms. The topological polar surface area (TPSA) is 46.3 Å². The molecule has 0 saturated carbocycles. The van der Waals surface area contributed by atoms with E-state index in [0.717, 1.165) is 31.8 Å². The molecule has 0 aliphatic carbocycles. The number of carbonyl (C=O) groups is 1. The Balaban J connectivity index is 2.11. The summed E-state index contributed by atoms with van der Waals surface area (Å²) in [5.41, 5.74) is 11.1. The van der Waals surface area contributed by atoms with E-state index in [0.29, 0.717) is 13.0 Å². The number of carbonyl (C=O) groups excluding carboxylic acids is 1. The molecule has 3 heteroatoms. The highest BCUT2D eigenvalue weighted by Gasteiger charge is 2.24. The van der Waals surface area contributed by atoms with Crippen LogP contribution in [-0.4, -0.2) is 30.4 Å². The predicted molar refractivity (Wildman–Crippen MR) is 92.0 cm³/mol. The van der Waals surface area contributed by atoms with Gasteiger partial charge in [0.05, 0.1) is 0 Å². The number of hydrogen-bond acceptors (Lipinski definition) is 2. The van der Waals surface area contributed by atoms with Crippen molar-refractivity contribution in [3.63, 3.8) is 0 Å². The molecule has 1 fully saturated rings. The summed E-state index contributed by atoms with van der Waals surface area (Å²) < 4.78 is 0. The number of amides is 1. The molecule has 0 aromatic heterocycles. The van der Waals surface area contributed by atoms with E-state index < -0.39 is 0 Å². The van der Waals surface area contributed by atoms with Crippen LogP contribution in [0.3, 0.4) is 0 Å². The molecule has 1 aromatic carbocycles. The van der Waals surface area contributed by atoms with Crippen LogP contribution in [0.2, 0.25) is 0 Å². The summed E-state index contributed by atoms with van der Waals surface area (Å²) in [5, 5.41) is 0. The van der Waals surface area contributed by atoms with Crippen molar-refractivity contribution >= 4 is 5.91 Å². The Hall–Kier alpha value is -1.35. The fraction of sp³-hybridized carbons (Fsp3) is 0.632. The van der Waals surface area contributed by atoms with Crippen molar-refractivity contribution in [2.24, 2.45) is 11.7 Å². The van der Waals surface area contributed by atoms with Gasteiger partial charge in [-0.25, -0.2) is 0 Å². The summed E-state index contributed by atoms with van der Waals surface area (Å²) in [6.45, 7) is 11.0. The van der Waals surface area contributed by atoms with E-state index in [1.54, 1.807) is 0 Å². The van der Waals surface area contributed by atoms with Crippen molar-refractivity contribution < 1.29 is 4.79 Å². The first-order valence-corrected chi connectivity index (χ1v) is 8.48. The lowest BCUT2D eigenvalue weighted by Crippen LogP contribution is -2.39. The maximum Gasteiger partial charge on any atom is 0.223 e. The SMILES string of the molecule is Cc1cc(C)c(C(CN)CC(=O)N2CCC(C)CC2)c(C)c1. The fourth-order valence-corrected chi connectivity index (χ4v) is 3.74. The maximum atomic E-state index is 12.6. The first kappa shape index (κ1) is 17.0. The molecule has 1 heterocycles. The van der Waals surface area contributed by atoms with Gasteiger partial charge >= 0.3 is 0 Å². The first-order valence-electron chi connectivity index (χ1n) is 8.48. The summed E-state index contributed by atoms with van der Waals surface area (Å²) in [7, 11) is 0. The number of likely N-dealkylation sites (tertiary alicyclic amines) is 1. The number of piperidine rings is 1. The molecule has 2 N–H and O–H groups in total. The van der Waals surface area contributed by atoms with E-state index in [-0.39, 0.29) is 11.8 Å². The number of benzene rings is 1. The van der Waals surface area contributed by atoms with Crippen LogP contribution in [0.15, 0.2) is 12.1 Å². The summed E-state index contributed by atoms with van der Waals surface area (Å²) in [6, 6.07) is 4.39. The van der Waals surface area contributed by atoms with Gasteiger partial charge in [0.25, 0.3) is 0 Å². The second kappa shape index (κ2) is 7.28. The van der Waals surface area contributed by atoms with Crippen molar-refractivity contribution in [2.75, 3.05) is 19.6 Å². The number of rotatable bonds is 4. The average Bonchev–Trinajstić information content (AvgIpc) is 2.45. The Morgan fingerprint density at radius 1 is 1.23 bits per heavy atom. The molecule has 1 saturated heterocycles. The fourth-order valence-electron chi connectivity index (χ4n) is 3.74. The van der Waals surface area contributed by atoms with Gasteiger partial charge in [-0.1, -0.05) is 24.6 Å².